The van der Waals surface area contributed by atoms with Crippen LogP contribution in [0.3, 0.4) is 0 Å². The van der Waals surface area contributed by atoms with Crippen molar-refractivity contribution in [3.05, 3.63) is 65.7 Å². The fourth-order valence-electron chi connectivity index (χ4n) is 2.50. The number of phenolic OH excluding ortho intramolecular Hbond substituents is 1. The molecule has 0 spiro atoms. The van der Waals surface area contributed by atoms with Crippen molar-refractivity contribution in [2.45, 2.75) is 5.88 Å². The highest BCUT2D eigenvalue weighted by Gasteiger charge is 2.17. The minimum absolute atomic E-state index is 0.0468. The Labute approximate surface area is 143 Å². The zero-order valence-electron chi connectivity index (χ0n) is 12.6. The molecule has 3 aromatic carbocycles. The Kier molecular flexibility index (Phi) is 4.44. The van der Waals surface area contributed by atoms with E-state index in [0.29, 0.717) is 16.5 Å². The smallest absolute Gasteiger partial charge is 0.251 e. The minimum Gasteiger partial charge on any atom is -0.506 e. The Morgan fingerprint density at radius 3 is 2.54 bits per heavy atom. The lowest BCUT2D eigenvalue weighted by Gasteiger charge is -2.09. The Morgan fingerprint density at radius 2 is 1.79 bits per heavy atom. The van der Waals surface area contributed by atoms with Crippen LogP contribution in [-0.4, -0.2) is 11.0 Å². The molecule has 3 aromatic rings. The molecule has 1 amide bonds. The number of aromatic hydroxyl groups is 1. The first kappa shape index (κ1) is 16.0. The van der Waals surface area contributed by atoms with Gasteiger partial charge in [-0.25, -0.2) is 0 Å². The predicted octanol–water partition coefficient (Wildman–Crippen LogP) is 4.80. The number of nitrogens with two attached hydrogens (primary N) is 1. The summed E-state index contributed by atoms with van der Waals surface area (Å²) in [7, 11) is 0. The van der Waals surface area contributed by atoms with Crippen LogP contribution < -0.4 is 5.73 Å². The molecular weight excluding hydrogens is 326 g/mol. The average molecular weight is 340 g/mol. The minimum atomic E-state index is -0.679. The molecule has 3 N–H and O–H groups in total. The molecule has 0 saturated carbocycles. The van der Waals surface area contributed by atoms with E-state index in [1.54, 1.807) is 30.3 Å². The third kappa shape index (κ3) is 2.94. The molecule has 6 heteroatoms. The van der Waals surface area contributed by atoms with Crippen molar-refractivity contribution >= 4 is 39.7 Å². The van der Waals surface area contributed by atoms with Gasteiger partial charge in [0.15, 0.2) is 0 Å². The number of alkyl halides is 1. The van der Waals surface area contributed by atoms with E-state index in [1.807, 2.05) is 18.2 Å². The normalized spacial score (nSPS) is 11.2. The maximum Gasteiger partial charge on any atom is 0.251 e. The third-order valence-electron chi connectivity index (χ3n) is 3.64. The number of primary amides is 1. The number of phenols is 1. The Morgan fingerprint density at radius 1 is 1.08 bits per heavy atom. The van der Waals surface area contributed by atoms with Crippen molar-refractivity contribution in [3.8, 4) is 5.75 Å². The van der Waals surface area contributed by atoms with Crippen LogP contribution in [0.4, 0.5) is 11.4 Å². The van der Waals surface area contributed by atoms with Crippen LogP contribution in [-0.2, 0) is 5.88 Å². The van der Waals surface area contributed by atoms with Gasteiger partial charge in [-0.1, -0.05) is 42.5 Å². The van der Waals surface area contributed by atoms with Gasteiger partial charge in [0.1, 0.15) is 11.4 Å². The predicted molar refractivity (Wildman–Crippen MR) is 94.3 cm³/mol. The van der Waals surface area contributed by atoms with Gasteiger partial charge in [-0.2, -0.15) is 5.11 Å². The number of carbonyl (C=O) groups excluding carboxylic acids is 1. The van der Waals surface area contributed by atoms with Gasteiger partial charge in [-0.3, -0.25) is 4.79 Å². The maximum absolute atomic E-state index is 11.9. The van der Waals surface area contributed by atoms with E-state index in [0.717, 1.165) is 5.56 Å². The number of nitrogens with zero attached hydrogens (tertiary/aromatic N) is 2. The number of carbonyl (C=O) groups is 1. The molecule has 24 heavy (non-hydrogen) atoms. The molecule has 0 aliphatic heterocycles. The molecule has 0 aliphatic carbocycles. The quantitative estimate of drug-likeness (QED) is 0.528. The summed E-state index contributed by atoms with van der Waals surface area (Å²) in [4.78, 5) is 11.9. The second-order valence-corrected chi connectivity index (χ2v) is 5.43. The van der Waals surface area contributed by atoms with Gasteiger partial charge >= 0.3 is 0 Å². The number of halogens is 1. The Hall–Kier alpha value is -2.92. The van der Waals surface area contributed by atoms with Crippen LogP contribution in [0.15, 0.2) is 64.8 Å². The summed E-state index contributed by atoms with van der Waals surface area (Å²) in [6.07, 6.45) is 0. The SMILES string of the molecule is NC(=O)c1c(N=Nc2ccccc2CCl)c(O)cc2ccccc12. The molecule has 0 unspecified atom stereocenters. The lowest BCUT2D eigenvalue weighted by Crippen LogP contribution is -2.11. The third-order valence-corrected chi connectivity index (χ3v) is 3.93. The number of amides is 1. The first-order valence-electron chi connectivity index (χ1n) is 7.22. The Balaban J connectivity index is 2.19. The summed E-state index contributed by atoms with van der Waals surface area (Å²) in [6.45, 7) is 0. The van der Waals surface area contributed by atoms with E-state index in [2.05, 4.69) is 10.2 Å². The van der Waals surface area contributed by atoms with Gasteiger partial charge in [0.05, 0.1) is 11.3 Å². The molecule has 120 valence electrons. The molecule has 0 fully saturated rings. The van der Waals surface area contributed by atoms with Crippen molar-refractivity contribution in [2.75, 3.05) is 0 Å². The topological polar surface area (TPSA) is 88.0 Å². The zero-order chi connectivity index (χ0) is 17.1. The second-order valence-electron chi connectivity index (χ2n) is 5.17. The van der Waals surface area contributed by atoms with Crippen molar-refractivity contribution in [3.63, 3.8) is 0 Å². The summed E-state index contributed by atoms with van der Waals surface area (Å²) in [6, 6.07) is 15.9. The number of benzene rings is 3. The van der Waals surface area contributed by atoms with Crippen LogP contribution in [0.2, 0.25) is 0 Å². The van der Waals surface area contributed by atoms with Gasteiger partial charge in [-0.15, -0.1) is 16.7 Å². The lowest BCUT2D eigenvalue weighted by molar-refractivity contribution is 0.100. The highest BCUT2D eigenvalue weighted by molar-refractivity contribution is 6.17. The van der Waals surface area contributed by atoms with E-state index in [4.69, 9.17) is 17.3 Å². The van der Waals surface area contributed by atoms with Crippen molar-refractivity contribution in [1.29, 1.82) is 0 Å². The molecule has 0 aromatic heterocycles. The van der Waals surface area contributed by atoms with Gasteiger partial charge in [-0.05, 0) is 28.5 Å². The lowest BCUT2D eigenvalue weighted by atomic mass is 10.0. The van der Waals surface area contributed by atoms with Gasteiger partial charge < -0.3 is 10.8 Å². The molecule has 0 atom stereocenters. The van der Waals surface area contributed by atoms with Gasteiger partial charge in [0.25, 0.3) is 5.91 Å². The monoisotopic (exact) mass is 339 g/mol. The molecule has 0 bridgehead atoms. The maximum atomic E-state index is 11.9. The summed E-state index contributed by atoms with van der Waals surface area (Å²) in [5.41, 5.74) is 7.05. The molecule has 5 nitrogen and oxygen atoms in total. The fourth-order valence-corrected chi connectivity index (χ4v) is 2.72. The highest BCUT2D eigenvalue weighted by Crippen LogP contribution is 2.38. The van der Waals surface area contributed by atoms with E-state index in [1.165, 1.54) is 6.07 Å². The standard InChI is InChI=1S/C18H14ClN3O2/c19-10-12-6-2-4-8-14(12)21-22-17-15(23)9-11-5-1-3-7-13(11)16(17)18(20)24/h1-9,23H,10H2,(H2,20,24). The largest absolute Gasteiger partial charge is 0.506 e. The zero-order valence-corrected chi connectivity index (χ0v) is 13.4. The Bertz CT molecular complexity index is 954. The van der Waals surface area contributed by atoms with Crippen molar-refractivity contribution in [2.24, 2.45) is 16.0 Å². The fraction of sp³-hybridized carbons (Fsp3) is 0.0556. The first-order valence-corrected chi connectivity index (χ1v) is 7.75. The van der Waals surface area contributed by atoms with E-state index >= 15 is 0 Å². The van der Waals surface area contributed by atoms with E-state index in [-0.39, 0.29) is 22.9 Å². The molecule has 0 heterocycles. The van der Waals surface area contributed by atoms with Crippen LogP contribution in [0.5, 0.6) is 5.75 Å². The average Bonchev–Trinajstić information content (AvgIpc) is 2.59. The number of rotatable bonds is 4. The number of hydrogen-bond acceptors (Lipinski definition) is 4. The van der Waals surface area contributed by atoms with Gasteiger partial charge in [0, 0.05) is 5.88 Å². The van der Waals surface area contributed by atoms with Crippen LogP contribution in [0, 0.1) is 0 Å². The highest BCUT2D eigenvalue weighted by atomic mass is 35.5. The van der Waals surface area contributed by atoms with E-state index in [9.17, 15) is 9.90 Å². The summed E-state index contributed by atoms with van der Waals surface area (Å²) < 4.78 is 0. The summed E-state index contributed by atoms with van der Waals surface area (Å²) in [5, 5.41) is 19.8. The molecule has 0 saturated heterocycles. The second kappa shape index (κ2) is 6.68. The van der Waals surface area contributed by atoms with Gasteiger partial charge in [0.2, 0.25) is 0 Å². The summed E-state index contributed by atoms with van der Waals surface area (Å²) >= 11 is 5.88. The van der Waals surface area contributed by atoms with E-state index < -0.39 is 5.91 Å². The number of azo groups is 1. The molecule has 3 rings (SSSR count). The van der Waals surface area contributed by atoms with Crippen molar-refractivity contribution < 1.29 is 9.90 Å². The van der Waals surface area contributed by atoms with Crippen LogP contribution in [0.1, 0.15) is 15.9 Å². The molecular formula is C18H14ClN3O2. The number of hydrogen-bond donors (Lipinski definition) is 2. The van der Waals surface area contributed by atoms with Crippen molar-refractivity contribution in [1.82, 2.24) is 0 Å². The number of fused-ring (bicyclic) bond motifs is 1. The molecule has 0 aliphatic rings. The van der Waals surface area contributed by atoms with Crippen LogP contribution in [0.25, 0.3) is 10.8 Å². The first-order chi connectivity index (χ1) is 11.6. The molecule has 0 radical (unpaired) electrons. The van der Waals surface area contributed by atoms with Crippen LogP contribution >= 0.6 is 11.6 Å². The summed E-state index contributed by atoms with van der Waals surface area (Å²) in [5.74, 6) is -0.557.